The lowest BCUT2D eigenvalue weighted by Crippen LogP contribution is -2.53. The Morgan fingerprint density at radius 2 is 1.64 bits per heavy atom. The highest BCUT2D eigenvalue weighted by atomic mass is 79.9. The summed E-state index contributed by atoms with van der Waals surface area (Å²) < 4.78 is 48.5. The number of nitrogens with one attached hydrogen (secondary N) is 1. The Morgan fingerprint density at radius 3 is 2.19 bits per heavy atom. The lowest BCUT2D eigenvalue weighted by molar-refractivity contribution is -0.140. The van der Waals surface area contributed by atoms with E-state index < -0.39 is 34.3 Å². The Morgan fingerprint density at radius 1 is 1.00 bits per heavy atom. The first kappa shape index (κ1) is 33.1. The quantitative estimate of drug-likeness (QED) is 0.249. The smallest absolute Gasteiger partial charge is 0.264 e. The van der Waals surface area contributed by atoms with Crippen molar-refractivity contribution in [1.29, 1.82) is 0 Å². The molecule has 42 heavy (non-hydrogen) atoms. The lowest BCUT2D eigenvalue weighted by atomic mass is 10.1. The van der Waals surface area contributed by atoms with Gasteiger partial charge in [-0.05, 0) is 90.6 Å². The third kappa shape index (κ3) is 8.10. The number of aryl methyl sites for hydroxylation is 1. The monoisotopic (exact) mass is 661 g/mol. The first-order valence-corrected chi connectivity index (χ1v) is 15.9. The summed E-state index contributed by atoms with van der Waals surface area (Å²) in [6, 6.07) is 15.8. The molecule has 0 fully saturated rings. The molecule has 1 N–H and O–H groups in total. The van der Waals surface area contributed by atoms with Crippen LogP contribution in [0, 0.1) is 12.7 Å². The summed E-state index contributed by atoms with van der Waals surface area (Å²) in [5.41, 5.74) is 1.81. The molecule has 2 amide bonds. The summed E-state index contributed by atoms with van der Waals surface area (Å²) in [5, 5.41) is 2.93. The molecule has 3 aromatic carbocycles. The van der Waals surface area contributed by atoms with Gasteiger partial charge in [0.25, 0.3) is 10.0 Å². The van der Waals surface area contributed by atoms with Crippen LogP contribution in [0.2, 0.25) is 0 Å². The van der Waals surface area contributed by atoms with E-state index in [-0.39, 0.29) is 29.8 Å². The molecule has 0 unspecified atom stereocenters. The Kier molecular flexibility index (Phi) is 11.5. The van der Waals surface area contributed by atoms with Crippen LogP contribution in [-0.4, -0.2) is 50.9 Å². The average molecular weight is 663 g/mol. The van der Waals surface area contributed by atoms with E-state index in [4.69, 9.17) is 4.74 Å². The number of amides is 2. The van der Waals surface area contributed by atoms with E-state index >= 15 is 0 Å². The van der Waals surface area contributed by atoms with Crippen molar-refractivity contribution in [2.45, 2.75) is 64.1 Å². The maximum Gasteiger partial charge on any atom is 0.264 e. The number of rotatable bonds is 13. The second-order valence-corrected chi connectivity index (χ2v) is 12.8. The van der Waals surface area contributed by atoms with Crippen molar-refractivity contribution in [2.75, 3.05) is 18.0 Å². The molecule has 3 rings (SSSR count). The van der Waals surface area contributed by atoms with Gasteiger partial charge in [0, 0.05) is 12.6 Å². The zero-order valence-electron chi connectivity index (χ0n) is 24.4. The Hall–Kier alpha value is -3.44. The van der Waals surface area contributed by atoms with Crippen molar-refractivity contribution in [1.82, 2.24) is 10.2 Å². The van der Waals surface area contributed by atoms with E-state index in [0.717, 1.165) is 9.87 Å². The SMILES string of the molecule is CC[C@H](C(=O)N[C@@H](C)CC)N(Cc1ccc(F)cc1)C(=O)CN(c1ccc(C)cc1)S(=O)(=O)c1ccc(OC)c(Br)c1. The van der Waals surface area contributed by atoms with Crippen LogP contribution in [0.1, 0.15) is 44.7 Å². The fourth-order valence-electron chi connectivity index (χ4n) is 4.32. The molecule has 8 nitrogen and oxygen atoms in total. The van der Waals surface area contributed by atoms with Crippen molar-refractivity contribution in [3.05, 3.63) is 88.1 Å². The fourth-order valence-corrected chi connectivity index (χ4v) is 6.45. The Balaban J connectivity index is 2.07. The third-order valence-corrected chi connectivity index (χ3v) is 9.35. The second kappa shape index (κ2) is 14.6. The highest BCUT2D eigenvalue weighted by Gasteiger charge is 2.34. The minimum Gasteiger partial charge on any atom is -0.496 e. The normalized spacial score (nSPS) is 12.7. The predicted octanol–water partition coefficient (Wildman–Crippen LogP) is 5.82. The molecule has 3 aromatic rings. The molecule has 2 atom stereocenters. The summed E-state index contributed by atoms with van der Waals surface area (Å²) in [6.45, 7) is 6.89. The van der Waals surface area contributed by atoms with Gasteiger partial charge in [-0.15, -0.1) is 0 Å². The molecule has 226 valence electrons. The van der Waals surface area contributed by atoms with E-state index in [2.05, 4.69) is 21.2 Å². The van der Waals surface area contributed by atoms with Gasteiger partial charge in [0.15, 0.2) is 0 Å². The molecule has 0 spiro atoms. The number of halogens is 2. The van der Waals surface area contributed by atoms with Crippen LogP contribution < -0.4 is 14.4 Å². The van der Waals surface area contributed by atoms with Gasteiger partial charge in [-0.2, -0.15) is 0 Å². The topological polar surface area (TPSA) is 96.0 Å². The summed E-state index contributed by atoms with van der Waals surface area (Å²) in [7, 11) is -2.77. The van der Waals surface area contributed by atoms with E-state index in [1.54, 1.807) is 31.2 Å². The molecule has 0 aliphatic rings. The number of sulfonamides is 1. The van der Waals surface area contributed by atoms with Crippen LogP contribution in [0.15, 0.2) is 76.1 Å². The van der Waals surface area contributed by atoms with Crippen LogP contribution in [0.25, 0.3) is 0 Å². The van der Waals surface area contributed by atoms with Crippen LogP contribution >= 0.6 is 15.9 Å². The molecule has 0 aliphatic carbocycles. The van der Waals surface area contributed by atoms with Crippen LogP contribution in [0.5, 0.6) is 5.75 Å². The molecular formula is C31H37BrFN3O5S. The van der Waals surface area contributed by atoms with Gasteiger partial charge >= 0.3 is 0 Å². The fraction of sp³-hybridized carbons (Fsp3) is 0.355. The molecule has 0 saturated carbocycles. The van der Waals surface area contributed by atoms with Gasteiger partial charge in [-0.1, -0.05) is 43.7 Å². The second-order valence-electron chi connectivity index (χ2n) is 10.0. The van der Waals surface area contributed by atoms with E-state index in [1.807, 2.05) is 20.8 Å². The average Bonchev–Trinajstić information content (AvgIpc) is 2.97. The van der Waals surface area contributed by atoms with Crippen molar-refractivity contribution in [3.63, 3.8) is 0 Å². The zero-order chi connectivity index (χ0) is 31.0. The maximum absolute atomic E-state index is 14.1. The van der Waals surface area contributed by atoms with Gasteiger partial charge < -0.3 is 15.0 Å². The summed E-state index contributed by atoms with van der Waals surface area (Å²) >= 11 is 3.35. The molecule has 0 bridgehead atoms. The highest BCUT2D eigenvalue weighted by molar-refractivity contribution is 9.10. The lowest BCUT2D eigenvalue weighted by Gasteiger charge is -2.33. The Bertz CT molecular complexity index is 1480. The molecular weight excluding hydrogens is 625 g/mol. The van der Waals surface area contributed by atoms with Crippen molar-refractivity contribution in [2.24, 2.45) is 0 Å². The van der Waals surface area contributed by atoms with Gasteiger partial charge in [0.05, 0.1) is 22.2 Å². The largest absolute Gasteiger partial charge is 0.496 e. The summed E-state index contributed by atoms with van der Waals surface area (Å²) in [4.78, 5) is 28.8. The molecule has 11 heteroatoms. The highest BCUT2D eigenvalue weighted by Crippen LogP contribution is 2.31. The molecule has 0 radical (unpaired) electrons. The molecule has 0 aliphatic heterocycles. The van der Waals surface area contributed by atoms with Gasteiger partial charge in [-0.3, -0.25) is 13.9 Å². The van der Waals surface area contributed by atoms with E-state index in [1.165, 1.54) is 54.5 Å². The number of ether oxygens (including phenoxy) is 1. The minimum atomic E-state index is -4.25. The van der Waals surface area contributed by atoms with E-state index in [9.17, 15) is 22.4 Å². The van der Waals surface area contributed by atoms with Crippen molar-refractivity contribution >= 4 is 43.5 Å². The standard InChI is InChI=1S/C31H37BrFN3O5S/c1-6-22(4)34-31(38)28(7-2)35(19-23-10-12-24(33)13-11-23)30(37)20-36(25-14-8-21(3)9-15-25)42(39,40)26-16-17-29(41-5)27(32)18-26/h8-18,22,28H,6-7,19-20H2,1-5H3,(H,34,38)/t22-,28+/m0/s1. The first-order valence-electron chi connectivity index (χ1n) is 13.7. The van der Waals surface area contributed by atoms with Gasteiger partial charge in [-0.25, -0.2) is 12.8 Å². The first-order chi connectivity index (χ1) is 19.9. The number of methoxy groups -OCH3 is 1. The molecule has 0 aromatic heterocycles. The number of nitrogens with zero attached hydrogens (tertiary/aromatic N) is 2. The number of hydrogen-bond acceptors (Lipinski definition) is 5. The Labute approximate surface area is 256 Å². The predicted molar refractivity (Wildman–Crippen MR) is 165 cm³/mol. The maximum atomic E-state index is 14.1. The number of carbonyl (C=O) groups is 2. The zero-order valence-corrected chi connectivity index (χ0v) is 26.8. The number of anilines is 1. The number of carbonyl (C=O) groups excluding carboxylic acids is 2. The summed E-state index contributed by atoms with van der Waals surface area (Å²) in [6.07, 6.45) is 0.989. The molecule has 0 saturated heterocycles. The minimum absolute atomic E-state index is 0.0125. The number of hydrogen-bond donors (Lipinski definition) is 1. The van der Waals surface area contributed by atoms with Crippen LogP contribution in [0.4, 0.5) is 10.1 Å². The van der Waals surface area contributed by atoms with Crippen molar-refractivity contribution < 1.29 is 27.1 Å². The van der Waals surface area contributed by atoms with Gasteiger partial charge in [0.1, 0.15) is 24.2 Å². The van der Waals surface area contributed by atoms with Gasteiger partial charge in [0.2, 0.25) is 11.8 Å². The van der Waals surface area contributed by atoms with E-state index in [0.29, 0.717) is 27.9 Å². The van der Waals surface area contributed by atoms with Crippen LogP contribution in [-0.2, 0) is 26.2 Å². The number of benzene rings is 3. The molecule has 0 heterocycles. The third-order valence-electron chi connectivity index (χ3n) is 6.97. The van der Waals surface area contributed by atoms with Crippen LogP contribution in [0.3, 0.4) is 0 Å². The van der Waals surface area contributed by atoms with Crippen molar-refractivity contribution in [3.8, 4) is 5.75 Å². The summed E-state index contributed by atoms with van der Waals surface area (Å²) in [5.74, 6) is -0.899.